The van der Waals surface area contributed by atoms with Crippen molar-refractivity contribution in [3.05, 3.63) is 29.8 Å². The second-order valence-corrected chi connectivity index (χ2v) is 4.18. The lowest BCUT2D eigenvalue weighted by molar-refractivity contribution is 0.379. The van der Waals surface area contributed by atoms with Crippen LogP contribution in [0.1, 0.15) is 19.4 Å². The van der Waals surface area contributed by atoms with E-state index < -0.39 is 0 Å². The van der Waals surface area contributed by atoms with E-state index in [4.69, 9.17) is 4.74 Å². The quantitative estimate of drug-likeness (QED) is 0.843. The summed E-state index contributed by atoms with van der Waals surface area (Å²) < 4.78 is 5.08. The van der Waals surface area contributed by atoms with E-state index in [1.807, 2.05) is 19.1 Å². The number of methoxy groups -OCH3 is 1. The molecule has 20 heavy (non-hydrogen) atoms. The number of anilines is 3. The molecular formula is C14H19N5O. The smallest absolute Gasteiger partial charge is 0.322 e. The summed E-state index contributed by atoms with van der Waals surface area (Å²) in [5, 5.41) is 6.22. The van der Waals surface area contributed by atoms with E-state index >= 15 is 0 Å². The summed E-state index contributed by atoms with van der Waals surface area (Å²) in [7, 11) is 1.53. The van der Waals surface area contributed by atoms with Crippen LogP contribution in [-0.4, -0.2) is 28.6 Å². The van der Waals surface area contributed by atoms with Crippen molar-refractivity contribution in [2.75, 3.05) is 24.3 Å². The third-order valence-electron chi connectivity index (χ3n) is 2.72. The van der Waals surface area contributed by atoms with E-state index in [0.29, 0.717) is 11.9 Å². The highest BCUT2D eigenvalue weighted by Gasteiger charge is 2.06. The van der Waals surface area contributed by atoms with Gasteiger partial charge in [-0.1, -0.05) is 19.1 Å². The minimum absolute atomic E-state index is 0.282. The van der Waals surface area contributed by atoms with Gasteiger partial charge in [-0.3, -0.25) is 0 Å². The SMILES string of the molecule is CCNc1nc(Nc2cccc(CC)c2)nc(OC)n1. The van der Waals surface area contributed by atoms with Crippen LogP contribution in [0.3, 0.4) is 0 Å². The molecule has 6 heteroatoms. The van der Waals surface area contributed by atoms with Gasteiger partial charge in [0.2, 0.25) is 11.9 Å². The Labute approximate surface area is 118 Å². The van der Waals surface area contributed by atoms with Crippen LogP contribution in [0.4, 0.5) is 17.6 Å². The highest BCUT2D eigenvalue weighted by Crippen LogP contribution is 2.17. The van der Waals surface area contributed by atoms with Gasteiger partial charge in [0.1, 0.15) is 0 Å². The number of rotatable bonds is 6. The molecule has 2 N–H and O–H groups in total. The van der Waals surface area contributed by atoms with E-state index in [0.717, 1.165) is 18.7 Å². The summed E-state index contributed by atoms with van der Waals surface area (Å²) >= 11 is 0. The first-order valence-electron chi connectivity index (χ1n) is 6.65. The zero-order valence-electron chi connectivity index (χ0n) is 12.0. The molecule has 1 aromatic carbocycles. The van der Waals surface area contributed by atoms with Crippen LogP contribution in [0.25, 0.3) is 0 Å². The molecule has 0 aliphatic rings. The van der Waals surface area contributed by atoms with E-state index in [1.54, 1.807) is 0 Å². The first kappa shape index (κ1) is 14.0. The molecule has 0 atom stereocenters. The standard InChI is InChI=1S/C14H19N5O/c1-4-10-7-6-8-11(9-10)16-13-17-12(15-5-2)18-14(19-13)20-3/h6-9H,4-5H2,1-3H3,(H2,15,16,17,18,19). The fourth-order valence-corrected chi connectivity index (χ4v) is 1.74. The number of hydrogen-bond donors (Lipinski definition) is 2. The van der Waals surface area contributed by atoms with Crippen molar-refractivity contribution < 1.29 is 4.74 Å². The lowest BCUT2D eigenvalue weighted by Gasteiger charge is -2.09. The van der Waals surface area contributed by atoms with E-state index in [-0.39, 0.29) is 6.01 Å². The molecule has 0 unspecified atom stereocenters. The van der Waals surface area contributed by atoms with Crippen molar-refractivity contribution in [2.24, 2.45) is 0 Å². The van der Waals surface area contributed by atoms with Crippen LogP contribution in [0.15, 0.2) is 24.3 Å². The maximum absolute atomic E-state index is 5.08. The number of nitrogens with one attached hydrogen (secondary N) is 2. The van der Waals surface area contributed by atoms with Gasteiger partial charge in [0, 0.05) is 12.2 Å². The third-order valence-corrected chi connectivity index (χ3v) is 2.72. The maximum atomic E-state index is 5.08. The Morgan fingerprint density at radius 1 is 1.10 bits per heavy atom. The number of nitrogens with zero attached hydrogens (tertiary/aromatic N) is 3. The van der Waals surface area contributed by atoms with E-state index in [9.17, 15) is 0 Å². The van der Waals surface area contributed by atoms with Crippen molar-refractivity contribution in [2.45, 2.75) is 20.3 Å². The van der Waals surface area contributed by atoms with Crippen molar-refractivity contribution in [1.82, 2.24) is 15.0 Å². The van der Waals surface area contributed by atoms with Gasteiger partial charge in [-0.05, 0) is 31.0 Å². The van der Waals surface area contributed by atoms with Crippen LogP contribution in [0.5, 0.6) is 6.01 Å². The monoisotopic (exact) mass is 273 g/mol. The van der Waals surface area contributed by atoms with Crippen LogP contribution >= 0.6 is 0 Å². The highest BCUT2D eigenvalue weighted by molar-refractivity contribution is 5.55. The van der Waals surface area contributed by atoms with Gasteiger partial charge < -0.3 is 15.4 Å². The van der Waals surface area contributed by atoms with Gasteiger partial charge in [0.25, 0.3) is 0 Å². The fraction of sp³-hybridized carbons (Fsp3) is 0.357. The predicted octanol–water partition coefficient (Wildman–Crippen LogP) is 2.62. The lowest BCUT2D eigenvalue weighted by atomic mass is 10.1. The molecule has 2 aromatic rings. The molecule has 0 aliphatic carbocycles. The molecule has 1 aromatic heterocycles. The number of benzene rings is 1. The summed E-state index contributed by atoms with van der Waals surface area (Å²) in [6.45, 7) is 4.83. The molecule has 0 spiro atoms. The topological polar surface area (TPSA) is 72.0 Å². The average molecular weight is 273 g/mol. The van der Waals surface area contributed by atoms with Crippen molar-refractivity contribution in [3.8, 4) is 6.01 Å². The van der Waals surface area contributed by atoms with Gasteiger partial charge >= 0.3 is 6.01 Å². The minimum Gasteiger partial charge on any atom is -0.467 e. The first-order chi connectivity index (χ1) is 9.75. The van der Waals surface area contributed by atoms with Crippen LogP contribution in [0, 0.1) is 0 Å². The predicted molar refractivity (Wildman–Crippen MR) is 79.6 cm³/mol. The van der Waals surface area contributed by atoms with Crippen LogP contribution < -0.4 is 15.4 Å². The molecule has 0 saturated carbocycles. The molecule has 0 radical (unpaired) electrons. The second-order valence-electron chi connectivity index (χ2n) is 4.18. The summed E-state index contributed by atoms with van der Waals surface area (Å²) in [5.41, 5.74) is 2.20. The van der Waals surface area contributed by atoms with Gasteiger partial charge in [-0.25, -0.2) is 0 Å². The molecular weight excluding hydrogens is 254 g/mol. The Morgan fingerprint density at radius 3 is 2.60 bits per heavy atom. The summed E-state index contributed by atoms with van der Waals surface area (Å²) in [4.78, 5) is 12.6. The van der Waals surface area contributed by atoms with Crippen LogP contribution in [-0.2, 0) is 6.42 Å². The van der Waals surface area contributed by atoms with Gasteiger partial charge in [0.15, 0.2) is 0 Å². The fourth-order valence-electron chi connectivity index (χ4n) is 1.74. The van der Waals surface area contributed by atoms with Crippen molar-refractivity contribution in [1.29, 1.82) is 0 Å². The number of hydrogen-bond acceptors (Lipinski definition) is 6. The second kappa shape index (κ2) is 6.70. The summed E-state index contributed by atoms with van der Waals surface area (Å²) in [6.07, 6.45) is 0.985. The van der Waals surface area contributed by atoms with Crippen molar-refractivity contribution >= 4 is 17.6 Å². The Kier molecular flexibility index (Phi) is 4.70. The molecule has 106 valence electrons. The maximum Gasteiger partial charge on any atom is 0.322 e. The Balaban J connectivity index is 2.24. The molecule has 0 aliphatic heterocycles. The molecule has 0 amide bonds. The van der Waals surface area contributed by atoms with Crippen LogP contribution in [0.2, 0.25) is 0 Å². The van der Waals surface area contributed by atoms with E-state index in [2.05, 4.69) is 44.6 Å². The molecule has 6 nitrogen and oxygen atoms in total. The number of aromatic nitrogens is 3. The normalized spacial score (nSPS) is 10.2. The van der Waals surface area contributed by atoms with E-state index in [1.165, 1.54) is 12.7 Å². The van der Waals surface area contributed by atoms with Crippen molar-refractivity contribution in [3.63, 3.8) is 0 Å². The molecule has 0 bridgehead atoms. The molecule has 1 heterocycles. The Morgan fingerprint density at radius 2 is 1.90 bits per heavy atom. The summed E-state index contributed by atoms with van der Waals surface area (Å²) in [6, 6.07) is 8.42. The first-order valence-corrected chi connectivity index (χ1v) is 6.65. The molecule has 2 rings (SSSR count). The average Bonchev–Trinajstić information content (AvgIpc) is 2.47. The molecule has 0 saturated heterocycles. The Bertz CT molecular complexity index is 573. The minimum atomic E-state index is 0.282. The molecule has 0 fully saturated rings. The third kappa shape index (κ3) is 3.57. The zero-order valence-corrected chi connectivity index (χ0v) is 12.0. The number of ether oxygens (including phenoxy) is 1. The van der Waals surface area contributed by atoms with Gasteiger partial charge in [0.05, 0.1) is 7.11 Å². The lowest BCUT2D eigenvalue weighted by Crippen LogP contribution is -2.07. The van der Waals surface area contributed by atoms with Gasteiger partial charge in [-0.2, -0.15) is 15.0 Å². The highest BCUT2D eigenvalue weighted by atomic mass is 16.5. The zero-order chi connectivity index (χ0) is 14.4. The Hall–Kier alpha value is -2.37. The van der Waals surface area contributed by atoms with Gasteiger partial charge in [-0.15, -0.1) is 0 Å². The summed E-state index contributed by atoms with van der Waals surface area (Å²) in [5.74, 6) is 0.953. The largest absolute Gasteiger partial charge is 0.467 e. The number of aryl methyl sites for hydroxylation is 1.